The molecule has 0 radical (unpaired) electrons. The second-order valence-corrected chi connectivity index (χ2v) is 17.6. The van der Waals surface area contributed by atoms with Gasteiger partial charge < -0.3 is 47.5 Å². The molecule has 6 unspecified atom stereocenters. The van der Waals surface area contributed by atoms with Crippen molar-refractivity contribution in [1.82, 2.24) is 15.0 Å². The van der Waals surface area contributed by atoms with E-state index in [1.807, 2.05) is 78.9 Å². The predicted octanol–water partition coefficient (Wildman–Crippen LogP) is 8.87. The quantitative estimate of drug-likeness (QED) is 0.131. The van der Waals surface area contributed by atoms with Crippen molar-refractivity contribution in [3.05, 3.63) is 162 Å². The van der Waals surface area contributed by atoms with Crippen LogP contribution in [0.2, 0.25) is 0 Å². The molecule has 4 bridgehead atoms. The van der Waals surface area contributed by atoms with E-state index in [4.69, 9.17) is 37.3 Å². The lowest BCUT2D eigenvalue weighted by molar-refractivity contribution is -0.161. The molecule has 9 heterocycles. The fraction of sp³-hybridized carbons (Fsp3) is 0.264. The summed E-state index contributed by atoms with van der Waals surface area (Å²) in [5.41, 5.74) is 4.88. The predicted molar refractivity (Wildman–Crippen MR) is 243 cm³/mol. The minimum atomic E-state index is -1.35. The SMILES string of the molecule is N#Cc1cc(-c2ccoc2)c2ccc(COc3cc(F)cc(C4(O)CC5COC(C4)O5)n3)cc2n1.N#Cc1cc(-c2ccoc2)c2ccc(OCc3cccc(C4(O)CC5COC(C4)O5)n3)cc2c1. The minimum Gasteiger partial charge on any atom is -0.487 e. The summed E-state index contributed by atoms with van der Waals surface area (Å²) in [5.74, 6) is 0.178. The second kappa shape index (κ2) is 18.2. The van der Waals surface area contributed by atoms with Gasteiger partial charge >= 0.3 is 0 Å². The smallest absolute Gasteiger partial charge is 0.216 e. The van der Waals surface area contributed by atoms with Crippen molar-refractivity contribution in [2.75, 3.05) is 13.2 Å². The van der Waals surface area contributed by atoms with Crippen molar-refractivity contribution in [3.63, 3.8) is 0 Å². The molecule has 5 aromatic heterocycles. The van der Waals surface area contributed by atoms with Crippen molar-refractivity contribution in [2.24, 2.45) is 0 Å². The van der Waals surface area contributed by atoms with Gasteiger partial charge in [0.25, 0.3) is 0 Å². The fourth-order valence-electron chi connectivity index (χ4n) is 9.49. The van der Waals surface area contributed by atoms with Crippen molar-refractivity contribution >= 4 is 21.7 Å². The first-order valence-electron chi connectivity index (χ1n) is 22.3. The number of ether oxygens (including phenoxy) is 6. The number of hydrogen-bond donors (Lipinski definition) is 2. The fourth-order valence-corrected chi connectivity index (χ4v) is 9.49. The molecule has 12 rings (SSSR count). The van der Waals surface area contributed by atoms with E-state index in [0.29, 0.717) is 48.6 Å². The van der Waals surface area contributed by atoms with Gasteiger partial charge in [-0.05, 0) is 94.2 Å². The molecule has 69 heavy (non-hydrogen) atoms. The van der Waals surface area contributed by atoms with Gasteiger partial charge in [-0.1, -0.05) is 24.3 Å². The van der Waals surface area contributed by atoms with Crippen molar-refractivity contribution in [3.8, 4) is 46.0 Å². The van der Waals surface area contributed by atoms with Gasteiger partial charge in [0.05, 0.1) is 84.7 Å². The lowest BCUT2D eigenvalue weighted by Crippen LogP contribution is -2.40. The van der Waals surface area contributed by atoms with Crippen LogP contribution in [0.15, 0.2) is 131 Å². The lowest BCUT2D eigenvalue weighted by Gasteiger charge is -2.34. The normalized spacial score (nSPS) is 23.5. The largest absolute Gasteiger partial charge is 0.487 e. The first-order valence-corrected chi connectivity index (χ1v) is 22.3. The first kappa shape index (κ1) is 44.0. The number of hydrogen-bond acceptors (Lipinski definition) is 15. The van der Waals surface area contributed by atoms with Crippen LogP contribution in [-0.2, 0) is 43.4 Å². The summed E-state index contributed by atoms with van der Waals surface area (Å²) in [6, 6.07) is 32.9. The van der Waals surface area contributed by atoms with Gasteiger partial charge in [0.1, 0.15) is 47.7 Å². The number of halogens is 1. The average molecular weight is 928 g/mol. The number of nitrogens with zero attached hydrogens (tertiary/aromatic N) is 5. The molecular formula is C53H42FN5O10. The van der Waals surface area contributed by atoms with Gasteiger partial charge in [0, 0.05) is 48.3 Å². The van der Waals surface area contributed by atoms with Crippen LogP contribution in [0.3, 0.4) is 0 Å². The van der Waals surface area contributed by atoms with Gasteiger partial charge in [0.15, 0.2) is 12.6 Å². The third-order valence-corrected chi connectivity index (χ3v) is 12.8. The highest BCUT2D eigenvalue weighted by Gasteiger charge is 2.48. The van der Waals surface area contributed by atoms with Crippen molar-refractivity contribution in [2.45, 2.75) is 74.9 Å². The van der Waals surface area contributed by atoms with Crippen LogP contribution in [0.25, 0.3) is 43.9 Å². The van der Waals surface area contributed by atoms with Crippen molar-refractivity contribution in [1.29, 1.82) is 10.5 Å². The maximum absolute atomic E-state index is 14.4. The van der Waals surface area contributed by atoms with E-state index in [0.717, 1.165) is 49.7 Å². The first-order chi connectivity index (χ1) is 33.6. The van der Waals surface area contributed by atoms with Crippen LogP contribution < -0.4 is 9.47 Å². The van der Waals surface area contributed by atoms with Gasteiger partial charge in [-0.25, -0.2) is 14.4 Å². The van der Waals surface area contributed by atoms with E-state index in [-0.39, 0.29) is 61.8 Å². The summed E-state index contributed by atoms with van der Waals surface area (Å²) in [7, 11) is 0. The molecule has 346 valence electrons. The Labute approximate surface area is 393 Å². The maximum Gasteiger partial charge on any atom is 0.216 e. The average Bonchev–Trinajstić information content (AvgIpc) is 4.22. The van der Waals surface area contributed by atoms with Gasteiger partial charge in [0.2, 0.25) is 5.88 Å². The highest BCUT2D eigenvalue weighted by atomic mass is 19.1. The molecule has 4 fully saturated rings. The van der Waals surface area contributed by atoms with E-state index < -0.39 is 23.3 Å². The third kappa shape index (κ3) is 9.13. The zero-order chi connectivity index (χ0) is 47.1. The van der Waals surface area contributed by atoms with Crippen LogP contribution in [0, 0.1) is 28.5 Å². The number of aliphatic hydroxyl groups is 2. The number of rotatable bonds is 10. The van der Waals surface area contributed by atoms with Gasteiger partial charge in [-0.3, -0.25) is 4.98 Å². The number of fused-ring (bicyclic) bond motifs is 6. The molecule has 0 amide bonds. The Bertz CT molecular complexity index is 3250. The third-order valence-electron chi connectivity index (χ3n) is 12.8. The Morgan fingerprint density at radius 3 is 2.06 bits per heavy atom. The number of pyridine rings is 3. The zero-order valence-corrected chi connectivity index (χ0v) is 36.8. The summed E-state index contributed by atoms with van der Waals surface area (Å²) < 4.78 is 59.0. The highest BCUT2D eigenvalue weighted by molar-refractivity contribution is 5.98. The number of benzene rings is 3. The van der Waals surface area contributed by atoms with Crippen molar-refractivity contribution < 1.29 is 51.9 Å². The Balaban J connectivity index is 0.000000151. The molecule has 2 N–H and O–H groups in total. The summed E-state index contributed by atoms with van der Waals surface area (Å²) in [4.78, 5) is 13.5. The standard InChI is InChI=1S/C27H22N2O5.C26H20FN3O5/c28-13-17-8-19-10-21(4-5-23(19)24(9-17)18-6-7-31-14-18)32-15-20-2-1-3-25(29-20)27(30)11-22-16-33-26(12-27)34-22;27-17-6-23(26(31)9-19-14-34-25(10-26)35-19)30-24(7-17)33-12-15-1-2-20-21(16-3-4-32-13-16)8-18(11-28)29-22(20)5-15/h1-10,14,22,26,30H,11-12,15-16H2;1-8,13,19,25,31H,9-10,12,14H2. The molecule has 0 aliphatic carbocycles. The number of furan rings is 2. The van der Waals surface area contributed by atoms with E-state index in [1.165, 1.54) is 12.1 Å². The molecule has 0 saturated carbocycles. The molecule has 8 aromatic rings. The monoisotopic (exact) mass is 927 g/mol. The molecule has 3 aromatic carbocycles. The summed E-state index contributed by atoms with van der Waals surface area (Å²) in [6.45, 7) is 1.26. The Morgan fingerprint density at radius 1 is 0.667 bits per heavy atom. The molecule has 4 saturated heterocycles. The minimum absolute atomic E-state index is 0.0612. The molecule has 4 aliphatic rings. The molecule has 16 heteroatoms. The molecule has 15 nitrogen and oxygen atoms in total. The number of nitriles is 2. The van der Waals surface area contributed by atoms with Gasteiger partial charge in [-0.15, -0.1) is 0 Å². The van der Waals surface area contributed by atoms with Crippen LogP contribution in [0.1, 0.15) is 59.6 Å². The Kier molecular flexibility index (Phi) is 11.6. The summed E-state index contributed by atoms with van der Waals surface area (Å²) in [5, 5.41) is 44.0. The number of aromatic nitrogens is 3. The summed E-state index contributed by atoms with van der Waals surface area (Å²) >= 11 is 0. The summed E-state index contributed by atoms with van der Waals surface area (Å²) in [6.07, 6.45) is 6.50. The Hall–Kier alpha value is -7.54. The van der Waals surface area contributed by atoms with Crippen LogP contribution in [0.5, 0.6) is 11.6 Å². The van der Waals surface area contributed by atoms with Crippen LogP contribution >= 0.6 is 0 Å². The van der Waals surface area contributed by atoms with Crippen LogP contribution in [-0.4, -0.2) is 63.2 Å². The lowest BCUT2D eigenvalue weighted by atomic mass is 9.87. The maximum atomic E-state index is 14.4. The Morgan fingerprint density at radius 2 is 1.38 bits per heavy atom. The van der Waals surface area contributed by atoms with Crippen LogP contribution in [0.4, 0.5) is 4.39 Å². The molecular weight excluding hydrogens is 886 g/mol. The van der Waals surface area contributed by atoms with Gasteiger partial charge in [-0.2, -0.15) is 10.5 Å². The second-order valence-electron chi connectivity index (χ2n) is 17.6. The molecule has 4 aliphatic heterocycles. The molecule has 0 spiro atoms. The zero-order valence-electron chi connectivity index (χ0n) is 36.8. The van der Waals surface area contributed by atoms with E-state index in [1.54, 1.807) is 31.1 Å². The topological polar surface area (TPSA) is 208 Å². The molecule has 6 atom stereocenters. The van der Waals surface area contributed by atoms with E-state index >= 15 is 0 Å². The highest BCUT2D eigenvalue weighted by Crippen LogP contribution is 2.42. The van der Waals surface area contributed by atoms with E-state index in [2.05, 4.69) is 27.1 Å². The van der Waals surface area contributed by atoms with E-state index in [9.17, 15) is 25.1 Å².